The second-order valence-corrected chi connectivity index (χ2v) is 14.5. The highest BCUT2D eigenvalue weighted by Gasteiger charge is 2.19. The van der Waals surface area contributed by atoms with Gasteiger partial charge >= 0.3 is 0 Å². The molecule has 2 heteroatoms. The maximum absolute atomic E-state index is 2.44. The van der Waals surface area contributed by atoms with Crippen LogP contribution in [0.2, 0.25) is 0 Å². The van der Waals surface area contributed by atoms with Gasteiger partial charge in [-0.3, -0.25) is 0 Å². The van der Waals surface area contributed by atoms with Crippen LogP contribution in [-0.4, -0.2) is 9.13 Å². The first-order valence-electron chi connectivity index (χ1n) is 19.3. The van der Waals surface area contributed by atoms with E-state index in [9.17, 15) is 0 Å². The van der Waals surface area contributed by atoms with Gasteiger partial charge in [0.15, 0.2) is 0 Å². The molecule has 0 saturated heterocycles. The number of rotatable bonds is 6. The molecule has 56 heavy (non-hydrogen) atoms. The molecular weight excluding hydrogens is 677 g/mol. The third-order valence-electron chi connectivity index (χ3n) is 11.3. The zero-order valence-electron chi connectivity index (χ0n) is 30.7. The Labute approximate surface area is 325 Å². The first kappa shape index (κ1) is 32.0. The molecule has 0 unspecified atom stereocenters. The second-order valence-electron chi connectivity index (χ2n) is 14.5. The summed E-state index contributed by atoms with van der Waals surface area (Å²) in [6, 6.07) is 79.4. The summed E-state index contributed by atoms with van der Waals surface area (Å²) < 4.78 is 4.88. The van der Waals surface area contributed by atoms with Crippen molar-refractivity contribution in [2.75, 3.05) is 0 Å². The molecule has 0 spiro atoms. The van der Waals surface area contributed by atoms with Crippen LogP contribution in [-0.2, 0) is 0 Å². The van der Waals surface area contributed by atoms with Gasteiger partial charge in [-0.25, -0.2) is 0 Å². The quantitative estimate of drug-likeness (QED) is 0.162. The summed E-state index contributed by atoms with van der Waals surface area (Å²) in [5, 5.41) is 4.99. The van der Waals surface area contributed by atoms with Gasteiger partial charge in [-0.15, -0.1) is 0 Å². The van der Waals surface area contributed by atoms with Crippen LogP contribution in [0.5, 0.6) is 0 Å². The molecule has 0 aliphatic rings. The SMILES string of the molecule is c1ccc(-c2cccc(-n3c4ccccc4c4ccc(-c5cccc6c5c5ccccc5n6-c5ccc(-c6ccccc6)c(-c6ccccc6)c5)cc43)c2)cc1. The van der Waals surface area contributed by atoms with Gasteiger partial charge in [0.05, 0.1) is 22.1 Å². The summed E-state index contributed by atoms with van der Waals surface area (Å²) in [4.78, 5) is 0. The lowest BCUT2D eigenvalue weighted by atomic mass is 9.94. The van der Waals surface area contributed by atoms with Crippen molar-refractivity contribution in [1.29, 1.82) is 0 Å². The highest BCUT2D eigenvalue weighted by atomic mass is 15.0. The Hall–Kier alpha value is -7.42. The van der Waals surface area contributed by atoms with Crippen LogP contribution in [0.15, 0.2) is 218 Å². The molecule has 11 rings (SSSR count). The molecule has 2 heterocycles. The first-order chi connectivity index (χ1) is 27.8. The van der Waals surface area contributed by atoms with Gasteiger partial charge in [0.1, 0.15) is 0 Å². The highest BCUT2D eigenvalue weighted by Crippen LogP contribution is 2.42. The van der Waals surface area contributed by atoms with Crippen molar-refractivity contribution in [2.24, 2.45) is 0 Å². The Balaban J connectivity index is 1.13. The summed E-state index contributed by atoms with van der Waals surface area (Å²) in [5.41, 5.74) is 16.7. The summed E-state index contributed by atoms with van der Waals surface area (Å²) in [5.74, 6) is 0. The van der Waals surface area contributed by atoms with Crippen LogP contribution in [0, 0.1) is 0 Å². The molecule has 262 valence electrons. The fourth-order valence-electron chi connectivity index (χ4n) is 8.81. The molecule has 0 bridgehead atoms. The highest BCUT2D eigenvalue weighted by molar-refractivity contribution is 6.17. The number of fused-ring (bicyclic) bond motifs is 6. The Morgan fingerprint density at radius 3 is 1.52 bits per heavy atom. The van der Waals surface area contributed by atoms with Gasteiger partial charge < -0.3 is 9.13 Å². The van der Waals surface area contributed by atoms with Crippen molar-refractivity contribution in [1.82, 2.24) is 9.13 Å². The zero-order valence-corrected chi connectivity index (χ0v) is 30.7. The molecule has 0 N–H and O–H groups in total. The van der Waals surface area contributed by atoms with Gasteiger partial charge in [0.25, 0.3) is 0 Å². The molecule has 11 aromatic rings. The summed E-state index contributed by atoms with van der Waals surface area (Å²) in [6.45, 7) is 0. The number of aromatic nitrogens is 2. The van der Waals surface area contributed by atoms with E-state index in [0.29, 0.717) is 0 Å². The Kier molecular flexibility index (Phi) is 7.53. The van der Waals surface area contributed by atoms with Crippen LogP contribution in [0.4, 0.5) is 0 Å². The van der Waals surface area contributed by atoms with Gasteiger partial charge in [-0.05, 0) is 93.0 Å². The average molecular weight is 713 g/mol. The number of para-hydroxylation sites is 2. The minimum atomic E-state index is 1.14. The summed E-state index contributed by atoms with van der Waals surface area (Å²) in [7, 11) is 0. The Morgan fingerprint density at radius 2 is 0.768 bits per heavy atom. The molecule has 2 nitrogen and oxygen atoms in total. The van der Waals surface area contributed by atoms with E-state index in [2.05, 4.69) is 228 Å². The van der Waals surface area contributed by atoms with Crippen LogP contribution in [0.25, 0.3) is 99.5 Å². The van der Waals surface area contributed by atoms with Crippen molar-refractivity contribution in [3.05, 3.63) is 218 Å². The number of hydrogen-bond acceptors (Lipinski definition) is 0. The van der Waals surface area contributed by atoms with Gasteiger partial charge in [-0.1, -0.05) is 170 Å². The van der Waals surface area contributed by atoms with E-state index in [4.69, 9.17) is 0 Å². The normalized spacial score (nSPS) is 11.6. The van der Waals surface area contributed by atoms with Gasteiger partial charge in [0, 0.05) is 32.9 Å². The van der Waals surface area contributed by atoms with Crippen molar-refractivity contribution < 1.29 is 0 Å². The summed E-state index contributed by atoms with van der Waals surface area (Å²) >= 11 is 0. The van der Waals surface area contributed by atoms with Crippen LogP contribution in [0.1, 0.15) is 0 Å². The fourth-order valence-corrected chi connectivity index (χ4v) is 8.81. The smallest absolute Gasteiger partial charge is 0.0547 e. The van der Waals surface area contributed by atoms with Crippen LogP contribution < -0.4 is 0 Å². The lowest BCUT2D eigenvalue weighted by Gasteiger charge is -2.15. The van der Waals surface area contributed by atoms with Gasteiger partial charge in [-0.2, -0.15) is 0 Å². The van der Waals surface area contributed by atoms with E-state index < -0.39 is 0 Å². The van der Waals surface area contributed by atoms with E-state index >= 15 is 0 Å². The molecule has 0 atom stereocenters. The van der Waals surface area contributed by atoms with E-state index in [-0.39, 0.29) is 0 Å². The van der Waals surface area contributed by atoms with Crippen molar-refractivity contribution in [2.45, 2.75) is 0 Å². The number of hydrogen-bond donors (Lipinski definition) is 0. The lowest BCUT2D eigenvalue weighted by molar-refractivity contribution is 1.18. The maximum atomic E-state index is 2.44. The monoisotopic (exact) mass is 712 g/mol. The minimum absolute atomic E-state index is 1.14. The lowest BCUT2D eigenvalue weighted by Crippen LogP contribution is -1.96. The van der Waals surface area contributed by atoms with E-state index in [0.717, 1.165) is 11.4 Å². The maximum Gasteiger partial charge on any atom is 0.0547 e. The van der Waals surface area contributed by atoms with Crippen molar-refractivity contribution in [3.63, 3.8) is 0 Å². The zero-order chi connectivity index (χ0) is 37.0. The average Bonchev–Trinajstić information content (AvgIpc) is 3.80. The van der Waals surface area contributed by atoms with Gasteiger partial charge in [0.2, 0.25) is 0 Å². The largest absolute Gasteiger partial charge is 0.309 e. The molecule has 0 aliphatic heterocycles. The predicted octanol–water partition coefficient (Wildman–Crippen LogP) is 14.5. The molecule has 9 aromatic carbocycles. The molecule has 0 fully saturated rings. The second kappa shape index (κ2) is 13.2. The standard InChI is InChI=1S/C54H36N2/c1-4-16-37(17-5-1)40-22-14-23-42(34-40)56-50-27-12-10-24-46(50)47-32-30-41(35-53(47)56)45-26-15-29-52-54(45)48-25-11-13-28-51(48)55(52)43-31-33-44(38-18-6-2-7-19-38)49(36-43)39-20-8-3-9-21-39/h1-36H. The third kappa shape index (κ3) is 5.19. The Bertz CT molecular complexity index is 3220. The topological polar surface area (TPSA) is 9.86 Å². The van der Waals surface area contributed by atoms with Crippen molar-refractivity contribution >= 4 is 43.6 Å². The Morgan fingerprint density at radius 1 is 0.232 bits per heavy atom. The summed E-state index contributed by atoms with van der Waals surface area (Å²) in [6.07, 6.45) is 0. The third-order valence-corrected chi connectivity index (χ3v) is 11.3. The van der Waals surface area contributed by atoms with Crippen molar-refractivity contribution in [3.8, 4) is 55.9 Å². The number of benzene rings is 9. The first-order valence-corrected chi connectivity index (χ1v) is 19.3. The molecule has 0 radical (unpaired) electrons. The predicted molar refractivity (Wildman–Crippen MR) is 237 cm³/mol. The molecule has 0 saturated carbocycles. The fraction of sp³-hybridized carbons (Fsp3) is 0. The van der Waals surface area contributed by atoms with E-state index in [1.807, 2.05) is 0 Å². The molecule has 0 amide bonds. The molecule has 0 aliphatic carbocycles. The molecular formula is C54H36N2. The minimum Gasteiger partial charge on any atom is -0.309 e. The molecule has 2 aromatic heterocycles. The van der Waals surface area contributed by atoms with Crippen LogP contribution >= 0.6 is 0 Å². The van der Waals surface area contributed by atoms with E-state index in [1.165, 1.54) is 88.1 Å². The van der Waals surface area contributed by atoms with Crippen LogP contribution in [0.3, 0.4) is 0 Å². The number of nitrogens with zero attached hydrogens (tertiary/aromatic N) is 2. The van der Waals surface area contributed by atoms with E-state index in [1.54, 1.807) is 0 Å².